The van der Waals surface area contributed by atoms with Gasteiger partial charge in [0.25, 0.3) is 0 Å². The van der Waals surface area contributed by atoms with Crippen molar-refractivity contribution >= 4 is 12.6 Å². The number of alkyl halides is 2. The molecule has 0 bridgehead atoms. The Kier molecular flexibility index (Phi) is 4.20. The van der Waals surface area contributed by atoms with E-state index in [0.29, 0.717) is 12.2 Å². The zero-order chi connectivity index (χ0) is 10.6. The Morgan fingerprint density at radius 2 is 2.14 bits per heavy atom. The van der Waals surface area contributed by atoms with Gasteiger partial charge < -0.3 is 4.74 Å². The first-order valence-corrected chi connectivity index (χ1v) is 4.92. The van der Waals surface area contributed by atoms with Gasteiger partial charge in [-0.1, -0.05) is 18.2 Å². The summed E-state index contributed by atoms with van der Waals surface area (Å²) in [6.45, 7) is -1.02. The molecule has 0 aliphatic rings. The van der Waals surface area contributed by atoms with Crippen LogP contribution in [0.15, 0.2) is 18.2 Å². The summed E-state index contributed by atoms with van der Waals surface area (Å²) < 4.78 is 28.6. The lowest BCUT2D eigenvalue weighted by Gasteiger charge is -2.12. The van der Waals surface area contributed by atoms with E-state index in [1.165, 1.54) is 0 Å². The van der Waals surface area contributed by atoms with Gasteiger partial charge in [0, 0.05) is 0 Å². The van der Waals surface area contributed by atoms with E-state index >= 15 is 0 Å². The molecule has 4 heteroatoms. The van der Waals surface area contributed by atoms with Crippen molar-refractivity contribution in [2.24, 2.45) is 0 Å². The second-order valence-corrected chi connectivity index (χ2v) is 3.36. The SMILES string of the molecule is Cc1cccc(CCS)c1OC(F)F. The van der Waals surface area contributed by atoms with Crippen LogP contribution in [-0.4, -0.2) is 12.4 Å². The van der Waals surface area contributed by atoms with E-state index in [0.717, 1.165) is 11.1 Å². The van der Waals surface area contributed by atoms with Crippen LogP contribution in [0.4, 0.5) is 8.78 Å². The van der Waals surface area contributed by atoms with Gasteiger partial charge in [-0.05, 0) is 30.2 Å². The van der Waals surface area contributed by atoms with E-state index in [1.807, 2.05) is 6.07 Å². The van der Waals surface area contributed by atoms with Gasteiger partial charge in [0.1, 0.15) is 5.75 Å². The Morgan fingerprint density at radius 1 is 1.43 bits per heavy atom. The topological polar surface area (TPSA) is 9.23 Å². The van der Waals surface area contributed by atoms with Crippen LogP contribution in [-0.2, 0) is 6.42 Å². The highest BCUT2D eigenvalue weighted by Gasteiger charge is 2.11. The fourth-order valence-electron chi connectivity index (χ4n) is 1.29. The first kappa shape index (κ1) is 11.3. The second-order valence-electron chi connectivity index (χ2n) is 2.92. The highest BCUT2D eigenvalue weighted by atomic mass is 32.1. The minimum absolute atomic E-state index is 0.288. The Balaban J connectivity index is 2.96. The molecule has 0 saturated heterocycles. The molecule has 0 unspecified atom stereocenters. The zero-order valence-corrected chi connectivity index (χ0v) is 8.73. The summed E-state index contributed by atoms with van der Waals surface area (Å²) in [6.07, 6.45) is 0.632. The molecule has 1 rings (SSSR count). The van der Waals surface area contributed by atoms with Crippen molar-refractivity contribution in [3.05, 3.63) is 29.3 Å². The quantitative estimate of drug-likeness (QED) is 0.764. The van der Waals surface area contributed by atoms with E-state index in [-0.39, 0.29) is 5.75 Å². The summed E-state index contributed by atoms with van der Waals surface area (Å²) in [6, 6.07) is 5.35. The monoisotopic (exact) mass is 218 g/mol. The first-order valence-electron chi connectivity index (χ1n) is 4.29. The van der Waals surface area contributed by atoms with Gasteiger partial charge in [-0.3, -0.25) is 0 Å². The third-order valence-electron chi connectivity index (χ3n) is 1.88. The van der Waals surface area contributed by atoms with E-state index in [1.54, 1.807) is 19.1 Å². The van der Waals surface area contributed by atoms with Crippen molar-refractivity contribution in [3.63, 3.8) is 0 Å². The molecule has 1 aromatic rings. The average Bonchev–Trinajstić information content (AvgIpc) is 2.11. The highest BCUT2D eigenvalue weighted by Crippen LogP contribution is 2.25. The van der Waals surface area contributed by atoms with E-state index < -0.39 is 6.61 Å². The van der Waals surface area contributed by atoms with Gasteiger partial charge in [-0.25, -0.2) is 0 Å². The molecule has 1 nitrogen and oxygen atoms in total. The predicted molar refractivity (Wildman–Crippen MR) is 55.4 cm³/mol. The Bertz CT molecular complexity index is 302. The molecule has 0 radical (unpaired) electrons. The van der Waals surface area contributed by atoms with Crippen molar-refractivity contribution < 1.29 is 13.5 Å². The third-order valence-corrected chi connectivity index (χ3v) is 2.11. The maximum Gasteiger partial charge on any atom is 0.387 e. The summed E-state index contributed by atoms with van der Waals surface area (Å²) >= 11 is 4.06. The molecule has 14 heavy (non-hydrogen) atoms. The standard InChI is InChI=1S/C10H12F2OS/c1-7-3-2-4-8(5-6-14)9(7)13-10(11)12/h2-4,10,14H,5-6H2,1H3. The summed E-state index contributed by atoms with van der Waals surface area (Å²) in [5.74, 6) is 0.903. The van der Waals surface area contributed by atoms with Gasteiger partial charge in [-0.2, -0.15) is 21.4 Å². The summed E-state index contributed by atoms with van der Waals surface area (Å²) in [4.78, 5) is 0. The molecular weight excluding hydrogens is 206 g/mol. The number of hydrogen-bond acceptors (Lipinski definition) is 2. The smallest absolute Gasteiger partial charge is 0.387 e. The van der Waals surface area contributed by atoms with Gasteiger partial charge >= 0.3 is 6.61 Å². The third kappa shape index (κ3) is 2.87. The number of benzene rings is 1. The van der Waals surface area contributed by atoms with Gasteiger partial charge in [-0.15, -0.1) is 0 Å². The van der Waals surface area contributed by atoms with Crippen LogP contribution in [0.2, 0.25) is 0 Å². The van der Waals surface area contributed by atoms with Crippen LogP contribution >= 0.6 is 12.6 Å². The number of hydrogen-bond donors (Lipinski definition) is 1. The minimum Gasteiger partial charge on any atom is -0.434 e. The molecule has 0 N–H and O–H groups in total. The lowest BCUT2D eigenvalue weighted by Crippen LogP contribution is -2.06. The van der Waals surface area contributed by atoms with Crippen LogP contribution in [0.5, 0.6) is 5.75 Å². The van der Waals surface area contributed by atoms with E-state index in [9.17, 15) is 8.78 Å². The number of aryl methyl sites for hydroxylation is 2. The van der Waals surface area contributed by atoms with Crippen molar-refractivity contribution in [2.45, 2.75) is 20.0 Å². The Morgan fingerprint density at radius 3 is 2.71 bits per heavy atom. The molecule has 1 aromatic carbocycles. The summed E-state index contributed by atoms with van der Waals surface area (Å²) in [7, 11) is 0. The second kappa shape index (κ2) is 5.20. The number of thiol groups is 1. The van der Waals surface area contributed by atoms with E-state index in [2.05, 4.69) is 17.4 Å². The van der Waals surface area contributed by atoms with Gasteiger partial charge in [0.05, 0.1) is 0 Å². The zero-order valence-electron chi connectivity index (χ0n) is 7.84. The maximum absolute atomic E-state index is 12.1. The first-order chi connectivity index (χ1) is 6.65. The van der Waals surface area contributed by atoms with E-state index in [4.69, 9.17) is 0 Å². The van der Waals surface area contributed by atoms with Gasteiger partial charge in [0.2, 0.25) is 0 Å². The summed E-state index contributed by atoms with van der Waals surface area (Å²) in [5.41, 5.74) is 1.50. The van der Waals surface area contributed by atoms with Crippen molar-refractivity contribution in [1.29, 1.82) is 0 Å². The molecule has 0 aliphatic carbocycles. The average molecular weight is 218 g/mol. The molecular formula is C10H12F2OS. The van der Waals surface area contributed by atoms with Crippen LogP contribution in [0.3, 0.4) is 0 Å². The fourth-order valence-corrected chi connectivity index (χ4v) is 1.53. The van der Waals surface area contributed by atoms with Crippen LogP contribution in [0.1, 0.15) is 11.1 Å². The van der Waals surface area contributed by atoms with Crippen molar-refractivity contribution in [3.8, 4) is 5.75 Å². The lowest BCUT2D eigenvalue weighted by molar-refractivity contribution is -0.0508. The summed E-state index contributed by atoms with van der Waals surface area (Å²) in [5, 5.41) is 0. The number of para-hydroxylation sites is 1. The Hall–Kier alpha value is -0.770. The molecule has 0 atom stereocenters. The normalized spacial score (nSPS) is 10.6. The highest BCUT2D eigenvalue weighted by molar-refractivity contribution is 7.80. The minimum atomic E-state index is -2.77. The molecule has 0 heterocycles. The van der Waals surface area contributed by atoms with Crippen LogP contribution in [0.25, 0.3) is 0 Å². The predicted octanol–water partition coefficient (Wildman–Crippen LogP) is 3.07. The van der Waals surface area contributed by atoms with Crippen molar-refractivity contribution in [2.75, 3.05) is 5.75 Å². The van der Waals surface area contributed by atoms with Crippen LogP contribution < -0.4 is 4.74 Å². The molecule has 0 aliphatic heterocycles. The number of halogens is 2. The largest absolute Gasteiger partial charge is 0.434 e. The Labute approximate surface area is 87.5 Å². The van der Waals surface area contributed by atoms with Crippen LogP contribution in [0, 0.1) is 6.92 Å². The maximum atomic E-state index is 12.1. The number of ether oxygens (including phenoxy) is 1. The molecule has 0 spiro atoms. The lowest BCUT2D eigenvalue weighted by atomic mass is 10.1. The van der Waals surface area contributed by atoms with Crippen molar-refractivity contribution in [1.82, 2.24) is 0 Å². The molecule has 0 saturated carbocycles. The van der Waals surface area contributed by atoms with Gasteiger partial charge in [0.15, 0.2) is 0 Å². The molecule has 0 fully saturated rings. The number of rotatable bonds is 4. The molecule has 0 amide bonds. The molecule has 0 aromatic heterocycles. The molecule has 78 valence electrons. The fraction of sp³-hybridized carbons (Fsp3) is 0.400.